The Morgan fingerprint density at radius 2 is 1.88 bits per heavy atom. The fourth-order valence-electron chi connectivity index (χ4n) is 2.95. The summed E-state index contributed by atoms with van der Waals surface area (Å²) in [4.78, 5) is 12.7. The number of benzene rings is 2. The van der Waals surface area contributed by atoms with Crippen molar-refractivity contribution in [1.82, 2.24) is 9.78 Å². The molecule has 3 rings (SSSR count). The Morgan fingerprint density at radius 3 is 2.62 bits per heavy atom. The normalized spacial score (nSPS) is 11.0. The summed E-state index contributed by atoms with van der Waals surface area (Å²) < 4.78 is 7.31. The summed E-state index contributed by atoms with van der Waals surface area (Å²) in [5.74, 6) is 0.746. The van der Waals surface area contributed by atoms with E-state index in [1.807, 2.05) is 86.1 Å². The lowest BCUT2D eigenvalue weighted by atomic mass is 10.1. The van der Waals surface area contributed by atoms with E-state index in [2.05, 4.69) is 5.10 Å². The highest BCUT2D eigenvalue weighted by molar-refractivity contribution is 6.08. The topological polar surface area (TPSA) is 44.1 Å². The molecule has 0 bridgehead atoms. The van der Waals surface area contributed by atoms with Crippen LogP contribution >= 0.6 is 0 Å². The van der Waals surface area contributed by atoms with Crippen LogP contribution in [0, 0.1) is 13.8 Å². The highest BCUT2D eigenvalue weighted by Crippen LogP contribution is 2.20. The van der Waals surface area contributed by atoms with Crippen LogP contribution < -0.4 is 4.74 Å². The van der Waals surface area contributed by atoms with Gasteiger partial charge in [-0.1, -0.05) is 36.4 Å². The van der Waals surface area contributed by atoms with Gasteiger partial charge >= 0.3 is 0 Å². The zero-order valence-electron chi connectivity index (χ0n) is 15.3. The van der Waals surface area contributed by atoms with E-state index >= 15 is 0 Å². The summed E-state index contributed by atoms with van der Waals surface area (Å²) in [6.45, 7) is 6.35. The standard InChI is InChI=1S/C22H22N2O2/c1-4-26-20-12-8-9-18(15-20)13-14-21(25)22-16(2)23-24(17(22)3)19-10-6-5-7-11-19/h5-15H,4H2,1-3H3. The van der Waals surface area contributed by atoms with Crippen LogP contribution in [-0.4, -0.2) is 22.2 Å². The van der Waals surface area contributed by atoms with Crippen LogP contribution in [0.5, 0.6) is 5.75 Å². The molecular weight excluding hydrogens is 324 g/mol. The molecule has 0 amide bonds. The number of nitrogens with zero attached hydrogens (tertiary/aromatic N) is 2. The Labute approximate surface area is 153 Å². The molecule has 2 aromatic carbocycles. The van der Waals surface area contributed by atoms with Crippen molar-refractivity contribution >= 4 is 11.9 Å². The second-order valence-corrected chi connectivity index (χ2v) is 6.00. The lowest BCUT2D eigenvalue weighted by molar-refractivity contribution is 0.104. The van der Waals surface area contributed by atoms with E-state index in [4.69, 9.17) is 4.74 Å². The average molecular weight is 346 g/mol. The molecule has 0 aliphatic heterocycles. The summed E-state index contributed by atoms with van der Waals surface area (Å²) in [5, 5.41) is 4.54. The first-order valence-electron chi connectivity index (χ1n) is 8.67. The van der Waals surface area contributed by atoms with E-state index in [0.29, 0.717) is 12.2 Å². The molecule has 0 atom stereocenters. The van der Waals surface area contributed by atoms with Gasteiger partial charge in [-0.3, -0.25) is 4.79 Å². The number of para-hydroxylation sites is 1. The van der Waals surface area contributed by atoms with E-state index in [-0.39, 0.29) is 5.78 Å². The third-order valence-corrected chi connectivity index (χ3v) is 4.13. The molecule has 0 aliphatic rings. The Morgan fingerprint density at radius 1 is 1.12 bits per heavy atom. The van der Waals surface area contributed by atoms with Crippen molar-refractivity contribution in [3.8, 4) is 11.4 Å². The molecule has 4 nitrogen and oxygen atoms in total. The largest absolute Gasteiger partial charge is 0.494 e. The van der Waals surface area contributed by atoms with Crippen molar-refractivity contribution in [2.24, 2.45) is 0 Å². The lowest BCUT2D eigenvalue weighted by Crippen LogP contribution is -2.01. The second kappa shape index (κ2) is 7.83. The Bertz CT molecular complexity index is 940. The van der Waals surface area contributed by atoms with Crippen molar-refractivity contribution in [2.45, 2.75) is 20.8 Å². The molecule has 0 aliphatic carbocycles. The molecule has 4 heteroatoms. The van der Waals surface area contributed by atoms with E-state index in [0.717, 1.165) is 28.4 Å². The Balaban J connectivity index is 1.87. The van der Waals surface area contributed by atoms with Gasteiger partial charge in [-0.2, -0.15) is 5.10 Å². The van der Waals surface area contributed by atoms with Crippen LogP contribution in [0.2, 0.25) is 0 Å². The molecule has 26 heavy (non-hydrogen) atoms. The molecule has 1 aromatic heterocycles. The van der Waals surface area contributed by atoms with Gasteiger partial charge in [0, 0.05) is 0 Å². The first-order valence-corrected chi connectivity index (χ1v) is 8.67. The van der Waals surface area contributed by atoms with Crippen LogP contribution in [-0.2, 0) is 0 Å². The smallest absolute Gasteiger partial charge is 0.189 e. The van der Waals surface area contributed by atoms with Crippen LogP contribution in [0.4, 0.5) is 0 Å². The van der Waals surface area contributed by atoms with E-state index in [9.17, 15) is 4.79 Å². The van der Waals surface area contributed by atoms with Gasteiger partial charge in [-0.25, -0.2) is 4.68 Å². The number of rotatable bonds is 6. The average Bonchev–Trinajstić information content (AvgIpc) is 2.95. The van der Waals surface area contributed by atoms with Crippen LogP contribution in [0.3, 0.4) is 0 Å². The van der Waals surface area contributed by atoms with Gasteiger partial charge in [0.15, 0.2) is 5.78 Å². The quantitative estimate of drug-likeness (QED) is 0.476. The Hall–Kier alpha value is -3.14. The summed E-state index contributed by atoms with van der Waals surface area (Å²) in [6, 6.07) is 17.5. The fourth-order valence-corrected chi connectivity index (χ4v) is 2.95. The summed E-state index contributed by atoms with van der Waals surface area (Å²) >= 11 is 0. The van der Waals surface area contributed by atoms with Gasteiger partial charge in [0.05, 0.1) is 29.2 Å². The molecule has 3 aromatic rings. The number of ether oxygens (including phenoxy) is 1. The number of carbonyl (C=O) groups is 1. The lowest BCUT2D eigenvalue weighted by Gasteiger charge is -2.04. The third-order valence-electron chi connectivity index (χ3n) is 4.13. The maximum Gasteiger partial charge on any atom is 0.189 e. The molecule has 1 heterocycles. The van der Waals surface area contributed by atoms with Crippen molar-refractivity contribution < 1.29 is 9.53 Å². The molecular formula is C22H22N2O2. The molecule has 0 fully saturated rings. The number of aryl methyl sites for hydroxylation is 1. The highest BCUT2D eigenvalue weighted by atomic mass is 16.5. The zero-order valence-corrected chi connectivity index (χ0v) is 15.3. The van der Waals surface area contributed by atoms with Crippen LogP contribution in [0.25, 0.3) is 11.8 Å². The number of allylic oxidation sites excluding steroid dienone is 1. The van der Waals surface area contributed by atoms with E-state index in [1.54, 1.807) is 6.08 Å². The molecule has 0 saturated carbocycles. The minimum absolute atomic E-state index is 0.0519. The van der Waals surface area contributed by atoms with Gasteiger partial charge < -0.3 is 4.74 Å². The number of hydrogen-bond donors (Lipinski definition) is 0. The van der Waals surface area contributed by atoms with Crippen molar-refractivity contribution in [2.75, 3.05) is 6.61 Å². The molecule has 0 spiro atoms. The molecule has 0 N–H and O–H groups in total. The van der Waals surface area contributed by atoms with Gasteiger partial charge in [-0.05, 0) is 56.7 Å². The predicted molar refractivity (Wildman–Crippen MR) is 104 cm³/mol. The van der Waals surface area contributed by atoms with Crippen LogP contribution in [0.1, 0.15) is 34.2 Å². The molecule has 0 unspecified atom stereocenters. The fraction of sp³-hybridized carbons (Fsp3) is 0.182. The van der Waals surface area contributed by atoms with E-state index < -0.39 is 0 Å². The first kappa shape index (κ1) is 17.7. The number of hydrogen-bond acceptors (Lipinski definition) is 3. The maximum absolute atomic E-state index is 12.7. The van der Waals surface area contributed by atoms with E-state index in [1.165, 1.54) is 0 Å². The predicted octanol–water partition coefficient (Wildman–Crippen LogP) is 4.78. The summed E-state index contributed by atoms with van der Waals surface area (Å²) in [5.41, 5.74) is 4.08. The molecule has 132 valence electrons. The number of carbonyl (C=O) groups excluding carboxylic acids is 1. The first-order chi connectivity index (χ1) is 12.6. The van der Waals surface area contributed by atoms with Crippen molar-refractivity contribution in [1.29, 1.82) is 0 Å². The van der Waals surface area contributed by atoms with Gasteiger partial charge in [0.25, 0.3) is 0 Å². The van der Waals surface area contributed by atoms with Gasteiger partial charge in [0.1, 0.15) is 5.75 Å². The number of aromatic nitrogens is 2. The van der Waals surface area contributed by atoms with Crippen LogP contribution in [0.15, 0.2) is 60.7 Å². The maximum atomic E-state index is 12.7. The van der Waals surface area contributed by atoms with Crippen molar-refractivity contribution in [3.05, 3.63) is 83.2 Å². The molecule has 0 saturated heterocycles. The van der Waals surface area contributed by atoms with Gasteiger partial charge in [-0.15, -0.1) is 0 Å². The van der Waals surface area contributed by atoms with Crippen molar-refractivity contribution in [3.63, 3.8) is 0 Å². The molecule has 0 radical (unpaired) electrons. The third kappa shape index (κ3) is 3.75. The minimum atomic E-state index is -0.0519. The second-order valence-electron chi connectivity index (χ2n) is 6.00. The Kier molecular flexibility index (Phi) is 5.32. The SMILES string of the molecule is CCOc1cccc(C=CC(=O)c2c(C)nn(-c3ccccc3)c2C)c1. The summed E-state index contributed by atoms with van der Waals surface area (Å²) in [7, 11) is 0. The minimum Gasteiger partial charge on any atom is -0.494 e. The monoisotopic (exact) mass is 346 g/mol. The summed E-state index contributed by atoms with van der Waals surface area (Å²) in [6.07, 6.45) is 3.40. The number of ketones is 1. The zero-order chi connectivity index (χ0) is 18.5. The van der Waals surface area contributed by atoms with Gasteiger partial charge in [0.2, 0.25) is 0 Å². The highest BCUT2D eigenvalue weighted by Gasteiger charge is 2.17.